The van der Waals surface area contributed by atoms with E-state index >= 15 is 0 Å². The van der Waals surface area contributed by atoms with Crippen molar-refractivity contribution in [2.24, 2.45) is 16.4 Å². The monoisotopic (exact) mass is 310 g/mol. The molecule has 3 nitrogen and oxygen atoms in total. The van der Waals surface area contributed by atoms with Crippen LogP contribution >= 0.6 is 0 Å². The summed E-state index contributed by atoms with van der Waals surface area (Å²) < 4.78 is 39.6. The number of halogens is 3. The normalized spacial score (nSPS) is 27.1. The second-order valence-corrected chi connectivity index (χ2v) is 6.77. The highest BCUT2D eigenvalue weighted by Gasteiger charge is 2.47. The fraction of sp³-hybridized carbons (Fsp3) is 0.500. The maximum absolute atomic E-state index is 13.2. The van der Waals surface area contributed by atoms with Gasteiger partial charge in [-0.15, -0.1) is 0 Å². The van der Waals surface area contributed by atoms with Crippen LogP contribution < -0.4 is 5.43 Å². The van der Waals surface area contributed by atoms with Crippen molar-refractivity contribution in [3.63, 3.8) is 0 Å². The molecule has 118 valence electrons. The van der Waals surface area contributed by atoms with Crippen LogP contribution in [0, 0.1) is 11.3 Å². The number of rotatable bonds is 1. The molecule has 3 rings (SSSR count). The van der Waals surface area contributed by atoms with Gasteiger partial charge in [0.25, 0.3) is 0 Å². The van der Waals surface area contributed by atoms with Crippen molar-refractivity contribution >= 4 is 11.5 Å². The Morgan fingerprint density at radius 1 is 1.27 bits per heavy atom. The molecule has 0 radical (unpaired) electrons. The van der Waals surface area contributed by atoms with Gasteiger partial charge in [0.1, 0.15) is 5.78 Å². The number of hydrogen-bond acceptors (Lipinski definition) is 3. The number of benzene rings is 1. The van der Waals surface area contributed by atoms with Gasteiger partial charge in [-0.1, -0.05) is 32.0 Å². The molecule has 1 aliphatic heterocycles. The lowest BCUT2D eigenvalue weighted by atomic mass is 9.68. The average Bonchev–Trinajstić information content (AvgIpc) is 2.80. The smallest absolute Gasteiger partial charge is 0.306 e. The summed E-state index contributed by atoms with van der Waals surface area (Å²) >= 11 is 0. The first-order chi connectivity index (χ1) is 10.2. The third kappa shape index (κ3) is 2.51. The van der Waals surface area contributed by atoms with Crippen LogP contribution in [-0.2, 0) is 11.0 Å². The van der Waals surface area contributed by atoms with E-state index in [4.69, 9.17) is 0 Å². The summed E-state index contributed by atoms with van der Waals surface area (Å²) in [5.41, 5.74) is 2.20. The Hall–Kier alpha value is -1.85. The van der Waals surface area contributed by atoms with E-state index in [9.17, 15) is 18.0 Å². The predicted molar refractivity (Wildman–Crippen MR) is 76.4 cm³/mol. The number of ketones is 1. The van der Waals surface area contributed by atoms with Crippen molar-refractivity contribution in [3.8, 4) is 0 Å². The highest BCUT2D eigenvalue weighted by Crippen LogP contribution is 2.41. The van der Waals surface area contributed by atoms with Crippen LogP contribution in [0.2, 0.25) is 0 Å². The van der Waals surface area contributed by atoms with Crippen LogP contribution in [0.1, 0.15) is 37.8 Å². The molecule has 1 fully saturated rings. The van der Waals surface area contributed by atoms with Gasteiger partial charge in [0.2, 0.25) is 0 Å². The zero-order valence-corrected chi connectivity index (χ0v) is 12.4. The molecular formula is C16H17F3N2O. The van der Waals surface area contributed by atoms with Gasteiger partial charge < -0.3 is 5.43 Å². The molecule has 0 unspecified atom stereocenters. The Morgan fingerprint density at radius 3 is 2.64 bits per heavy atom. The van der Waals surface area contributed by atoms with E-state index in [1.54, 1.807) is 0 Å². The van der Waals surface area contributed by atoms with Crippen LogP contribution in [0.5, 0.6) is 0 Å². The first kappa shape index (κ1) is 15.1. The Bertz CT molecular complexity index is 649. The van der Waals surface area contributed by atoms with E-state index in [0.717, 1.165) is 6.07 Å². The summed E-state index contributed by atoms with van der Waals surface area (Å²) in [7, 11) is 0. The zero-order valence-electron chi connectivity index (χ0n) is 12.4. The minimum absolute atomic E-state index is 0.00283. The summed E-state index contributed by atoms with van der Waals surface area (Å²) in [6, 6.07) is 5.09. The third-order valence-electron chi connectivity index (χ3n) is 4.33. The standard InChI is InChI=1S/C16H17F3N2O/c1-15(2)7-11-13(12(22)8-15)14(21-20-11)9-5-3-4-6-10(9)16(17,18)19/h3-6,11,13,20H,7-8H2,1-2H3/t11-,13+/m0/s1. The number of Topliss-reactive ketones (excluding diaryl/α,β-unsaturated/α-hetero) is 1. The van der Waals surface area contributed by atoms with Crippen molar-refractivity contribution in [2.75, 3.05) is 0 Å². The molecule has 0 aromatic heterocycles. The van der Waals surface area contributed by atoms with Gasteiger partial charge in [0.15, 0.2) is 0 Å². The quantitative estimate of drug-likeness (QED) is 0.864. The van der Waals surface area contributed by atoms with Crippen molar-refractivity contribution in [1.29, 1.82) is 0 Å². The number of carbonyl (C=O) groups excluding carboxylic acids is 1. The number of hydrogen-bond donors (Lipinski definition) is 1. The molecule has 1 saturated carbocycles. The average molecular weight is 310 g/mol. The lowest BCUT2D eigenvalue weighted by Crippen LogP contribution is -2.45. The van der Waals surface area contributed by atoms with Gasteiger partial charge in [0.05, 0.1) is 23.2 Å². The molecule has 0 saturated heterocycles. The maximum Gasteiger partial charge on any atom is 0.417 e. The maximum atomic E-state index is 13.2. The lowest BCUT2D eigenvalue weighted by molar-refractivity contribution is -0.138. The molecule has 1 heterocycles. The van der Waals surface area contributed by atoms with Crippen LogP contribution in [0.3, 0.4) is 0 Å². The molecule has 22 heavy (non-hydrogen) atoms. The highest BCUT2D eigenvalue weighted by molar-refractivity contribution is 6.16. The summed E-state index contributed by atoms with van der Waals surface area (Å²) in [5.74, 6) is -0.626. The van der Waals surface area contributed by atoms with Crippen LogP contribution in [0.15, 0.2) is 29.4 Å². The second-order valence-electron chi connectivity index (χ2n) is 6.77. The van der Waals surface area contributed by atoms with Crippen LogP contribution in [0.4, 0.5) is 13.2 Å². The van der Waals surface area contributed by atoms with E-state index in [0.29, 0.717) is 12.8 Å². The highest BCUT2D eigenvalue weighted by atomic mass is 19.4. The first-order valence-electron chi connectivity index (χ1n) is 7.21. The van der Waals surface area contributed by atoms with E-state index in [-0.39, 0.29) is 28.5 Å². The molecule has 1 aromatic rings. The Kier molecular flexibility index (Phi) is 3.30. The summed E-state index contributed by atoms with van der Waals surface area (Å²) in [4.78, 5) is 12.4. The topological polar surface area (TPSA) is 41.5 Å². The van der Waals surface area contributed by atoms with E-state index in [2.05, 4.69) is 10.5 Å². The minimum atomic E-state index is -4.46. The number of alkyl halides is 3. The Balaban J connectivity index is 2.00. The van der Waals surface area contributed by atoms with E-state index in [1.807, 2.05) is 13.8 Å². The molecule has 2 atom stereocenters. The van der Waals surface area contributed by atoms with E-state index in [1.165, 1.54) is 18.2 Å². The zero-order chi connectivity index (χ0) is 16.1. The number of hydrazone groups is 1. The summed E-state index contributed by atoms with van der Waals surface area (Å²) in [6.45, 7) is 3.98. The summed E-state index contributed by atoms with van der Waals surface area (Å²) in [6.07, 6.45) is -3.39. The SMILES string of the molecule is CC1(C)CC(=O)[C@@H]2C(c3ccccc3C(F)(F)F)=NN[C@H]2C1. The van der Waals surface area contributed by atoms with Gasteiger partial charge in [0, 0.05) is 12.0 Å². The third-order valence-corrected chi connectivity index (χ3v) is 4.33. The van der Waals surface area contributed by atoms with Gasteiger partial charge >= 0.3 is 6.18 Å². The van der Waals surface area contributed by atoms with E-state index < -0.39 is 17.7 Å². The summed E-state index contributed by atoms with van der Waals surface area (Å²) in [5, 5.41) is 4.09. The lowest BCUT2D eigenvalue weighted by Gasteiger charge is -2.36. The van der Waals surface area contributed by atoms with Gasteiger partial charge in [-0.2, -0.15) is 18.3 Å². The molecule has 0 bridgehead atoms. The second kappa shape index (κ2) is 4.83. The number of nitrogens with one attached hydrogen (secondary N) is 1. The van der Waals surface area contributed by atoms with Crippen LogP contribution in [0.25, 0.3) is 0 Å². The molecule has 1 N–H and O–H groups in total. The van der Waals surface area contributed by atoms with Crippen molar-refractivity contribution < 1.29 is 18.0 Å². The first-order valence-corrected chi connectivity index (χ1v) is 7.21. The Morgan fingerprint density at radius 2 is 1.95 bits per heavy atom. The van der Waals surface area contributed by atoms with Gasteiger partial charge in [-0.3, -0.25) is 4.79 Å². The fourth-order valence-corrected chi connectivity index (χ4v) is 3.46. The van der Waals surface area contributed by atoms with Gasteiger partial charge in [-0.25, -0.2) is 0 Å². The molecule has 0 spiro atoms. The number of carbonyl (C=O) groups is 1. The van der Waals surface area contributed by atoms with Crippen molar-refractivity contribution in [1.82, 2.24) is 5.43 Å². The van der Waals surface area contributed by atoms with Crippen LogP contribution in [-0.4, -0.2) is 17.5 Å². The fourth-order valence-electron chi connectivity index (χ4n) is 3.46. The molecule has 2 aliphatic rings. The Labute approximate surface area is 126 Å². The molecule has 1 aliphatic carbocycles. The number of fused-ring (bicyclic) bond motifs is 1. The molecule has 1 aromatic carbocycles. The molecule has 0 amide bonds. The van der Waals surface area contributed by atoms with Gasteiger partial charge in [-0.05, 0) is 17.9 Å². The predicted octanol–water partition coefficient (Wildman–Crippen LogP) is 3.39. The largest absolute Gasteiger partial charge is 0.417 e. The van der Waals surface area contributed by atoms with Crippen molar-refractivity contribution in [2.45, 2.75) is 38.9 Å². The number of nitrogens with zero attached hydrogens (tertiary/aromatic N) is 1. The molecular weight excluding hydrogens is 293 g/mol. The van der Waals surface area contributed by atoms with Crippen molar-refractivity contribution in [3.05, 3.63) is 35.4 Å². The minimum Gasteiger partial charge on any atom is -0.306 e. The molecule has 6 heteroatoms.